The summed E-state index contributed by atoms with van der Waals surface area (Å²) in [6.45, 7) is 8.00. The van der Waals surface area contributed by atoms with Crippen LogP contribution in [0.3, 0.4) is 0 Å². The Kier molecular flexibility index (Phi) is 9.53. The highest BCUT2D eigenvalue weighted by atomic mass is 35.5. The van der Waals surface area contributed by atoms with E-state index in [1.165, 1.54) is 11.1 Å². The molecule has 6 atom stereocenters. The molecular formula is C33H43ClN2O5S. The van der Waals surface area contributed by atoms with Crippen LogP contribution in [0.25, 0.3) is 0 Å². The summed E-state index contributed by atoms with van der Waals surface area (Å²) in [6.07, 6.45) is 6.64. The molecular weight excluding hydrogens is 572 g/mol. The summed E-state index contributed by atoms with van der Waals surface area (Å²) in [4.78, 5) is 27.8. The number of aldehydes is 1. The number of ether oxygens (including phenoxy) is 1. The van der Waals surface area contributed by atoms with E-state index in [4.69, 9.17) is 16.3 Å². The first-order valence-electron chi connectivity index (χ1n) is 15.4. The van der Waals surface area contributed by atoms with Gasteiger partial charge in [0.05, 0.1) is 18.0 Å². The number of rotatable bonds is 4. The molecule has 42 heavy (non-hydrogen) atoms. The molecule has 3 aliphatic rings. The van der Waals surface area contributed by atoms with Gasteiger partial charge in [-0.3, -0.25) is 4.79 Å². The molecule has 7 nitrogen and oxygen atoms in total. The van der Waals surface area contributed by atoms with E-state index in [2.05, 4.69) is 22.6 Å². The minimum absolute atomic E-state index is 0.0418. The van der Waals surface area contributed by atoms with Crippen LogP contribution >= 0.6 is 11.6 Å². The van der Waals surface area contributed by atoms with Gasteiger partial charge in [-0.15, -0.1) is 0 Å². The number of carbonyl (C=O) groups excluding carboxylic acids is 2. The molecule has 9 heteroatoms. The normalized spacial score (nSPS) is 29.7. The van der Waals surface area contributed by atoms with Crippen LogP contribution in [-0.2, 0) is 21.2 Å². The lowest BCUT2D eigenvalue weighted by molar-refractivity contribution is -0.115. The SMILES string of the molecule is CCCc1cc(Cl)ccc1[C@@H]1COc2ccc3cc2N(C1)C[C@@H]1CC[C@H]1C(C=O)CC[C@H](C)[C@H](C)CS(=O)(=O)NC3=O. The minimum atomic E-state index is -3.84. The molecule has 2 aromatic rings. The Morgan fingerprint density at radius 2 is 1.86 bits per heavy atom. The van der Waals surface area contributed by atoms with Crippen molar-refractivity contribution < 1.29 is 22.7 Å². The van der Waals surface area contributed by atoms with Crippen LogP contribution < -0.4 is 14.4 Å². The van der Waals surface area contributed by atoms with Gasteiger partial charge in [0.25, 0.3) is 5.91 Å². The molecule has 2 bridgehead atoms. The number of halogens is 1. The molecule has 2 aromatic carbocycles. The van der Waals surface area contributed by atoms with E-state index in [1.54, 1.807) is 18.2 Å². The third-order valence-electron chi connectivity index (χ3n) is 9.82. The largest absolute Gasteiger partial charge is 0.491 e. The van der Waals surface area contributed by atoms with Crippen molar-refractivity contribution in [1.29, 1.82) is 0 Å². The van der Waals surface area contributed by atoms with Gasteiger partial charge in [-0.2, -0.15) is 0 Å². The van der Waals surface area contributed by atoms with Gasteiger partial charge in [0.2, 0.25) is 10.0 Å². The Bertz CT molecular complexity index is 1410. The molecule has 1 N–H and O–H groups in total. The number of nitrogens with zero attached hydrogens (tertiary/aromatic N) is 1. The van der Waals surface area contributed by atoms with Crippen molar-refractivity contribution in [2.24, 2.45) is 29.6 Å². The number of fused-ring (bicyclic) bond motifs is 2. The number of hydrogen-bond donors (Lipinski definition) is 1. The predicted molar refractivity (Wildman–Crippen MR) is 167 cm³/mol. The zero-order valence-corrected chi connectivity index (χ0v) is 26.4. The van der Waals surface area contributed by atoms with Gasteiger partial charge in [-0.1, -0.05) is 44.9 Å². The van der Waals surface area contributed by atoms with E-state index in [1.807, 2.05) is 26.0 Å². The number of amides is 1. The maximum Gasteiger partial charge on any atom is 0.264 e. The first kappa shape index (κ1) is 30.9. The molecule has 228 valence electrons. The first-order chi connectivity index (χ1) is 20.1. The van der Waals surface area contributed by atoms with E-state index in [0.717, 1.165) is 62.1 Å². The second-order valence-corrected chi connectivity index (χ2v) is 14.9. The second-order valence-electron chi connectivity index (χ2n) is 12.7. The summed E-state index contributed by atoms with van der Waals surface area (Å²) in [5, 5.41) is 0.719. The van der Waals surface area contributed by atoms with Crippen molar-refractivity contribution >= 4 is 39.5 Å². The van der Waals surface area contributed by atoms with Crippen LogP contribution in [0.2, 0.25) is 5.02 Å². The Balaban J connectivity index is 1.54. The van der Waals surface area contributed by atoms with E-state index in [0.29, 0.717) is 30.7 Å². The van der Waals surface area contributed by atoms with E-state index in [-0.39, 0.29) is 35.0 Å². The lowest BCUT2D eigenvalue weighted by atomic mass is 9.65. The summed E-state index contributed by atoms with van der Waals surface area (Å²) in [6, 6.07) is 11.3. The second kappa shape index (κ2) is 13.0. The summed E-state index contributed by atoms with van der Waals surface area (Å²) < 4.78 is 34.6. The Morgan fingerprint density at radius 1 is 1.05 bits per heavy atom. The molecule has 0 saturated heterocycles. The maximum atomic E-state index is 13.2. The molecule has 1 unspecified atom stereocenters. The molecule has 5 rings (SSSR count). The van der Waals surface area contributed by atoms with E-state index < -0.39 is 15.9 Å². The van der Waals surface area contributed by atoms with Crippen molar-refractivity contribution in [3.63, 3.8) is 0 Å². The monoisotopic (exact) mass is 614 g/mol. The van der Waals surface area contributed by atoms with E-state index in [9.17, 15) is 18.0 Å². The smallest absolute Gasteiger partial charge is 0.264 e. The quantitative estimate of drug-likeness (QED) is 0.410. The number of aryl methyl sites for hydroxylation is 1. The van der Waals surface area contributed by atoms with Gasteiger partial charge in [-0.05, 0) is 97.2 Å². The number of hydrogen-bond acceptors (Lipinski definition) is 6. The van der Waals surface area contributed by atoms with Crippen LogP contribution in [0.15, 0.2) is 36.4 Å². The van der Waals surface area contributed by atoms with Crippen LogP contribution in [0.4, 0.5) is 5.69 Å². The molecule has 0 aromatic heterocycles. The van der Waals surface area contributed by atoms with Crippen molar-refractivity contribution in [3.8, 4) is 5.75 Å². The van der Waals surface area contributed by atoms with Gasteiger partial charge in [0.1, 0.15) is 12.0 Å². The van der Waals surface area contributed by atoms with Gasteiger partial charge in [-0.25, -0.2) is 13.1 Å². The first-order valence-corrected chi connectivity index (χ1v) is 17.4. The fourth-order valence-electron chi connectivity index (χ4n) is 7.00. The summed E-state index contributed by atoms with van der Waals surface area (Å²) >= 11 is 6.38. The summed E-state index contributed by atoms with van der Waals surface area (Å²) in [5.41, 5.74) is 3.50. The fraction of sp³-hybridized carbons (Fsp3) is 0.576. The average molecular weight is 615 g/mol. The Hall–Kier alpha value is -2.58. The van der Waals surface area contributed by atoms with Crippen LogP contribution in [0.1, 0.15) is 80.3 Å². The molecule has 1 fully saturated rings. The average Bonchev–Trinajstić information content (AvgIpc) is 3.11. The minimum Gasteiger partial charge on any atom is -0.491 e. The number of benzene rings is 2. The number of sulfonamides is 1. The number of anilines is 1. The van der Waals surface area contributed by atoms with Gasteiger partial charge in [0, 0.05) is 35.5 Å². The van der Waals surface area contributed by atoms with Crippen molar-refractivity contribution in [2.75, 3.05) is 30.3 Å². The topological polar surface area (TPSA) is 92.8 Å². The summed E-state index contributed by atoms with van der Waals surface area (Å²) in [5.74, 6) is 0.548. The van der Waals surface area contributed by atoms with Crippen LogP contribution in [0.5, 0.6) is 5.75 Å². The fourth-order valence-corrected chi connectivity index (χ4v) is 8.70. The maximum absolute atomic E-state index is 13.2. The van der Waals surface area contributed by atoms with Crippen molar-refractivity contribution in [1.82, 2.24) is 4.72 Å². The third kappa shape index (κ3) is 6.80. The van der Waals surface area contributed by atoms with Crippen LogP contribution in [-0.4, -0.2) is 46.1 Å². The van der Waals surface area contributed by atoms with Gasteiger partial charge >= 0.3 is 0 Å². The number of nitrogens with one attached hydrogen (secondary N) is 1. The van der Waals surface area contributed by atoms with Gasteiger partial charge < -0.3 is 14.4 Å². The molecule has 1 aliphatic carbocycles. The predicted octanol–water partition coefficient (Wildman–Crippen LogP) is 6.24. The Labute approximate surface area is 255 Å². The highest BCUT2D eigenvalue weighted by Gasteiger charge is 2.39. The molecule has 0 spiro atoms. The van der Waals surface area contributed by atoms with Crippen LogP contribution in [0, 0.1) is 29.6 Å². The number of carbonyl (C=O) groups is 2. The zero-order chi connectivity index (χ0) is 30.0. The van der Waals surface area contributed by atoms with E-state index >= 15 is 0 Å². The lowest BCUT2D eigenvalue weighted by Crippen LogP contribution is -2.43. The third-order valence-corrected chi connectivity index (χ3v) is 11.5. The highest BCUT2D eigenvalue weighted by Crippen LogP contribution is 2.45. The molecule has 0 radical (unpaired) electrons. The Morgan fingerprint density at radius 3 is 2.57 bits per heavy atom. The van der Waals surface area contributed by atoms with Crippen molar-refractivity contribution in [2.45, 2.75) is 65.2 Å². The standard InChI is InChI=1S/C33H43ClN2O5S/c1-4-5-23-14-28(34)10-12-29(23)27-17-36-16-25-8-11-30(25)26(18-37)7-6-21(2)22(3)20-42(39,40)35-33(38)24-9-13-32(41-19-27)31(36)15-24/h9-10,12-15,18,21-22,25-27,30H,4-8,11,16-17,19-20H2,1-3H3,(H,35,38)/t21-,22+,25-,26?,27-,30+/m0/s1. The van der Waals surface area contributed by atoms with Gasteiger partial charge in [0.15, 0.2) is 0 Å². The summed E-state index contributed by atoms with van der Waals surface area (Å²) in [7, 11) is -3.84. The molecule has 1 amide bonds. The highest BCUT2D eigenvalue weighted by molar-refractivity contribution is 7.90. The lowest BCUT2D eigenvalue weighted by Gasteiger charge is -2.44. The van der Waals surface area contributed by atoms with Crippen molar-refractivity contribution in [3.05, 3.63) is 58.1 Å². The zero-order valence-electron chi connectivity index (χ0n) is 24.9. The molecule has 1 saturated carbocycles. The molecule has 2 heterocycles. The molecule has 2 aliphatic heterocycles.